The van der Waals surface area contributed by atoms with Crippen molar-refractivity contribution in [2.24, 2.45) is 0 Å². The maximum Gasteiger partial charge on any atom is 0.472 e. The summed E-state index contributed by atoms with van der Waals surface area (Å²) in [6, 6.07) is 0. The molecule has 0 saturated heterocycles. The van der Waals surface area contributed by atoms with Crippen LogP contribution in [0.2, 0.25) is 0 Å². The van der Waals surface area contributed by atoms with Crippen LogP contribution in [-0.4, -0.2) is 74.9 Å². The summed E-state index contributed by atoms with van der Waals surface area (Å²) in [5.41, 5.74) is 0. The monoisotopic (exact) mass is 1170 g/mol. The van der Waals surface area contributed by atoms with Gasteiger partial charge in [-0.05, 0) is 77.0 Å². The van der Waals surface area contributed by atoms with Gasteiger partial charge in [0.15, 0.2) is 6.10 Å². The third kappa shape index (κ3) is 66.1. The van der Waals surface area contributed by atoms with Crippen LogP contribution >= 0.6 is 7.82 Å². The standard InChI is InChI=1S/C72H128NO8P/c1-6-8-10-12-14-16-18-20-22-24-26-27-28-29-30-31-32-33-34-35-36-37-38-39-40-41-42-43-44-45-47-49-51-53-55-57-59-61-63-65-72(75)81-70(69-80-82(76,77)79-67-66-73(3,4)5)68-78-71(74)64-62-60-58-56-54-52-50-48-46-25-23-21-19-17-15-13-11-9-7-2/h8,10,14,16,20,22,26-27,29-30,32-33,35-36,38-39,70H,6-7,9,11-13,15,17-19,21,23-25,28,31,34,37,40-69H2,1-5H3/p+1/b10-8-,16-14-,22-20-,27-26-,30-29-,33-32-,36-35-,39-38-. The summed E-state index contributed by atoms with van der Waals surface area (Å²) in [7, 11) is 1.48. The average Bonchev–Trinajstić information content (AvgIpc) is 3.46. The van der Waals surface area contributed by atoms with Gasteiger partial charge in [-0.3, -0.25) is 18.6 Å². The molecule has 0 heterocycles. The second-order valence-corrected chi connectivity index (χ2v) is 25.3. The number of carbonyl (C=O) groups is 2. The molecule has 0 aromatic rings. The van der Waals surface area contributed by atoms with Crippen molar-refractivity contribution in [2.45, 2.75) is 302 Å². The number of likely N-dealkylation sites (N-methyl/N-ethyl adjacent to an activating group) is 1. The summed E-state index contributed by atoms with van der Waals surface area (Å²) in [6.45, 7) is 4.35. The van der Waals surface area contributed by atoms with Crippen LogP contribution in [0.3, 0.4) is 0 Å². The number of rotatable bonds is 62. The summed E-state index contributed by atoms with van der Waals surface area (Å²) >= 11 is 0. The van der Waals surface area contributed by atoms with Gasteiger partial charge in [0.2, 0.25) is 0 Å². The molecule has 0 rings (SSSR count). The Balaban J connectivity index is 4.03. The fraction of sp³-hybridized carbons (Fsp3) is 0.750. The predicted molar refractivity (Wildman–Crippen MR) is 353 cm³/mol. The Morgan fingerprint density at radius 1 is 0.390 bits per heavy atom. The van der Waals surface area contributed by atoms with Crippen molar-refractivity contribution < 1.29 is 42.1 Å². The van der Waals surface area contributed by atoms with E-state index in [0.29, 0.717) is 23.9 Å². The number of nitrogens with zero attached hydrogens (tertiary/aromatic N) is 1. The first-order valence-corrected chi connectivity index (χ1v) is 35.5. The average molecular weight is 1170 g/mol. The molecule has 0 aliphatic heterocycles. The van der Waals surface area contributed by atoms with Gasteiger partial charge in [-0.25, -0.2) is 4.57 Å². The van der Waals surface area contributed by atoms with Gasteiger partial charge in [-0.1, -0.05) is 304 Å². The zero-order valence-electron chi connectivity index (χ0n) is 54.0. The second kappa shape index (κ2) is 62.5. The maximum atomic E-state index is 12.9. The van der Waals surface area contributed by atoms with Crippen LogP contribution in [0, 0.1) is 0 Å². The van der Waals surface area contributed by atoms with Crippen LogP contribution in [-0.2, 0) is 32.7 Å². The molecule has 0 aliphatic rings. The number of carbonyl (C=O) groups excluding carboxylic acids is 2. The molecule has 9 nitrogen and oxygen atoms in total. The topological polar surface area (TPSA) is 108 Å². The van der Waals surface area contributed by atoms with Gasteiger partial charge in [0, 0.05) is 12.8 Å². The number of unbranched alkanes of at least 4 members (excludes halogenated alkanes) is 32. The number of quaternary nitrogens is 1. The van der Waals surface area contributed by atoms with Gasteiger partial charge >= 0.3 is 19.8 Å². The van der Waals surface area contributed by atoms with Crippen molar-refractivity contribution in [1.82, 2.24) is 0 Å². The van der Waals surface area contributed by atoms with E-state index in [1.165, 1.54) is 173 Å². The van der Waals surface area contributed by atoms with Crippen LogP contribution in [0.15, 0.2) is 97.2 Å². The van der Waals surface area contributed by atoms with Gasteiger partial charge in [0.1, 0.15) is 19.8 Å². The first-order chi connectivity index (χ1) is 40.0. The number of phosphoric acid groups is 1. The molecule has 0 aromatic heterocycles. The highest BCUT2D eigenvalue weighted by Gasteiger charge is 2.27. The van der Waals surface area contributed by atoms with E-state index in [2.05, 4.69) is 111 Å². The fourth-order valence-electron chi connectivity index (χ4n) is 9.45. The molecule has 0 bridgehead atoms. The van der Waals surface area contributed by atoms with E-state index >= 15 is 0 Å². The van der Waals surface area contributed by atoms with E-state index in [4.69, 9.17) is 18.5 Å². The molecule has 0 fully saturated rings. The van der Waals surface area contributed by atoms with Gasteiger partial charge in [-0.2, -0.15) is 0 Å². The van der Waals surface area contributed by atoms with E-state index in [9.17, 15) is 19.0 Å². The molecule has 474 valence electrons. The summed E-state index contributed by atoms with van der Waals surface area (Å²) in [5.74, 6) is -0.788. The van der Waals surface area contributed by atoms with Gasteiger partial charge < -0.3 is 18.9 Å². The van der Waals surface area contributed by atoms with Crippen molar-refractivity contribution >= 4 is 19.8 Å². The van der Waals surface area contributed by atoms with Gasteiger partial charge in [0.05, 0.1) is 27.7 Å². The Hall–Kier alpha value is -3.07. The quantitative estimate of drug-likeness (QED) is 0.0211. The third-order valence-electron chi connectivity index (χ3n) is 14.6. The van der Waals surface area contributed by atoms with Crippen molar-refractivity contribution in [1.29, 1.82) is 0 Å². The van der Waals surface area contributed by atoms with Crippen molar-refractivity contribution in [3.8, 4) is 0 Å². The lowest BCUT2D eigenvalue weighted by atomic mass is 10.0. The minimum Gasteiger partial charge on any atom is -0.462 e. The Labute approximate surface area is 506 Å². The Morgan fingerprint density at radius 3 is 1.04 bits per heavy atom. The molecular weight excluding hydrogens is 1040 g/mol. The van der Waals surface area contributed by atoms with Crippen LogP contribution in [0.1, 0.15) is 296 Å². The van der Waals surface area contributed by atoms with Crippen molar-refractivity contribution in [3.63, 3.8) is 0 Å². The molecule has 82 heavy (non-hydrogen) atoms. The summed E-state index contributed by atoms with van der Waals surface area (Å²) in [5, 5.41) is 0. The predicted octanol–water partition coefficient (Wildman–Crippen LogP) is 21.9. The lowest BCUT2D eigenvalue weighted by Gasteiger charge is -2.24. The Kier molecular flexibility index (Phi) is 60.1. The van der Waals surface area contributed by atoms with E-state index in [1.54, 1.807) is 0 Å². The SMILES string of the molecule is CC/C=C\C/C=C\C/C=C\C/C=C\C/C=C\C/C=C\C/C=C\C/C=C\CCCCCCCCCCCCCCCCC(=O)OC(COC(=O)CCCCCCCCCCCCCCCCCCCCC)COP(=O)(O)OCC[N+](C)(C)C. The summed E-state index contributed by atoms with van der Waals surface area (Å²) in [4.78, 5) is 35.8. The second-order valence-electron chi connectivity index (χ2n) is 23.8. The Morgan fingerprint density at radius 2 is 0.695 bits per heavy atom. The van der Waals surface area contributed by atoms with Crippen LogP contribution < -0.4 is 0 Å². The normalized spacial score (nSPS) is 13.8. The number of ether oxygens (including phenoxy) is 2. The lowest BCUT2D eigenvalue weighted by molar-refractivity contribution is -0.870. The molecule has 2 unspecified atom stereocenters. The van der Waals surface area contributed by atoms with Gasteiger partial charge in [-0.15, -0.1) is 0 Å². The molecular formula is C72H129NO8P+. The smallest absolute Gasteiger partial charge is 0.462 e. The highest BCUT2D eigenvalue weighted by molar-refractivity contribution is 7.47. The highest BCUT2D eigenvalue weighted by Crippen LogP contribution is 2.43. The first kappa shape index (κ1) is 78.9. The molecule has 0 amide bonds. The van der Waals surface area contributed by atoms with E-state index < -0.39 is 26.5 Å². The van der Waals surface area contributed by atoms with E-state index in [0.717, 1.165) is 89.9 Å². The molecule has 0 saturated carbocycles. The molecule has 0 aliphatic carbocycles. The number of phosphoric ester groups is 1. The van der Waals surface area contributed by atoms with Crippen molar-refractivity contribution in [2.75, 3.05) is 47.5 Å². The molecule has 0 radical (unpaired) electrons. The lowest BCUT2D eigenvalue weighted by Crippen LogP contribution is -2.37. The molecule has 0 spiro atoms. The zero-order chi connectivity index (χ0) is 59.8. The molecule has 2 atom stereocenters. The van der Waals surface area contributed by atoms with Crippen molar-refractivity contribution in [3.05, 3.63) is 97.2 Å². The largest absolute Gasteiger partial charge is 0.472 e. The minimum atomic E-state index is -4.39. The van der Waals surface area contributed by atoms with E-state index in [-0.39, 0.29) is 25.6 Å². The maximum absolute atomic E-state index is 12.9. The van der Waals surface area contributed by atoms with Crippen LogP contribution in [0.5, 0.6) is 0 Å². The van der Waals surface area contributed by atoms with Crippen LogP contribution in [0.25, 0.3) is 0 Å². The minimum absolute atomic E-state index is 0.0307. The number of allylic oxidation sites excluding steroid dienone is 16. The fourth-order valence-corrected chi connectivity index (χ4v) is 10.2. The summed E-state index contributed by atoms with van der Waals surface area (Å²) in [6.07, 6.45) is 86.4. The highest BCUT2D eigenvalue weighted by atomic mass is 31.2. The number of hydrogen-bond acceptors (Lipinski definition) is 7. The zero-order valence-corrected chi connectivity index (χ0v) is 54.8. The first-order valence-electron chi connectivity index (χ1n) is 34.0. The number of hydrogen-bond donors (Lipinski definition) is 1. The molecule has 1 N–H and O–H groups in total. The van der Waals surface area contributed by atoms with Gasteiger partial charge in [0.25, 0.3) is 0 Å². The van der Waals surface area contributed by atoms with E-state index in [1.807, 2.05) is 21.1 Å². The Bertz CT molecular complexity index is 1710. The molecule has 10 heteroatoms. The summed E-state index contributed by atoms with van der Waals surface area (Å²) < 4.78 is 34.7. The van der Waals surface area contributed by atoms with Crippen LogP contribution in [0.4, 0.5) is 0 Å². The number of esters is 2. The third-order valence-corrected chi connectivity index (χ3v) is 15.6. The molecule has 0 aromatic carbocycles.